The Balaban J connectivity index is 1.22. The summed E-state index contributed by atoms with van der Waals surface area (Å²) in [7, 11) is 1.68. The van der Waals surface area contributed by atoms with Crippen LogP contribution in [0.4, 0.5) is 5.69 Å². The average Bonchev–Trinajstić information content (AvgIpc) is 3.00. The second kappa shape index (κ2) is 9.97. The van der Waals surface area contributed by atoms with Crippen molar-refractivity contribution in [2.75, 3.05) is 57.8 Å². The Labute approximate surface area is 184 Å². The number of methoxy groups -OCH3 is 1. The molecule has 2 saturated heterocycles. The predicted molar refractivity (Wildman–Crippen MR) is 118 cm³/mol. The molecule has 3 aliphatic rings. The van der Waals surface area contributed by atoms with E-state index in [-0.39, 0.29) is 30.7 Å². The average molecular weight is 431 g/mol. The fourth-order valence-corrected chi connectivity index (χ4v) is 4.65. The number of amides is 2. The minimum Gasteiger partial charge on any atom is -0.495 e. The summed E-state index contributed by atoms with van der Waals surface area (Å²) in [6.07, 6.45) is 3.07. The highest BCUT2D eigenvalue weighted by atomic mass is 16.5. The van der Waals surface area contributed by atoms with E-state index in [0.29, 0.717) is 19.1 Å². The SMILES string of the molecule is COc1ccccc1N1CCN(CC(O)CN2C(=O)CC(CNC3CCC3)C2=O)CC1. The zero-order valence-electron chi connectivity index (χ0n) is 18.3. The molecule has 31 heavy (non-hydrogen) atoms. The Bertz CT molecular complexity index is 777. The van der Waals surface area contributed by atoms with Crippen LogP contribution in [0.2, 0.25) is 0 Å². The van der Waals surface area contributed by atoms with E-state index in [2.05, 4.69) is 21.2 Å². The van der Waals surface area contributed by atoms with Crippen LogP contribution >= 0.6 is 0 Å². The third-order valence-electron chi connectivity index (χ3n) is 6.76. The van der Waals surface area contributed by atoms with Gasteiger partial charge < -0.3 is 20.1 Å². The molecule has 1 aromatic rings. The monoisotopic (exact) mass is 430 g/mol. The summed E-state index contributed by atoms with van der Waals surface area (Å²) < 4.78 is 5.46. The van der Waals surface area contributed by atoms with Crippen molar-refractivity contribution >= 4 is 17.5 Å². The number of hydrogen-bond donors (Lipinski definition) is 2. The number of ether oxygens (including phenoxy) is 1. The highest BCUT2D eigenvalue weighted by Crippen LogP contribution is 2.28. The number of carbonyl (C=O) groups excluding carboxylic acids is 2. The van der Waals surface area contributed by atoms with Crippen molar-refractivity contribution in [1.82, 2.24) is 15.1 Å². The molecular weight excluding hydrogens is 396 g/mol. The first-order valence-corrected chi connectivity index (χ1v) is 11.4. The molecule has 1 saturated carbocycles. The fraction of sp³-hybridized carbons (Fsp3) is 0.652. The van der Waals surface area contributed by atoms with Crippen LogP contribution in [0.5, 0.6) is 5.75 Å². The van der Waals surface area contributed by atoms with Gasteiger partial charge in [-0.3, -0.25) is 19.4 Å². The lowest BCUT2D eigenvalue weighted by Crippen LogP contribution is -2.50. The van der Waals surface area contributed by atoms with Gasteiger partial charge >= 0.3 is 0 Å². The molecule has 0 bridgehead atoms. The van der Waals surface area contributed by atoms with Crippen molar-refractivity contribution in [3.8, 4) is 5.75 Å². The Kier molecular flexibility index (Phi) is 7.09. The van der Waals surface area contributed by atoms with Crippen LogP contribution in [-0.4, -0.2) is 91.8 Å². The maximum absolute atomic E-state index is 12.6. The van der Waals surface area contributed by atoms with Gasteiger partial charge in [-0.2, -0.15) is 0 Å². The van der Waals surface area contributed by atoms with Gasteiger partial charge in [-0.1, -0.05) is 18.6 Å². The van der Waals surface area contributed by atoms with Gasteiger partial charge in [0.05, 0.1) is 31.4 Å². The number of benzene rings is 1. The number of hydrogen-bond acceptors (Lipinski definition) is 7. The molecule has 0 spiro atoms. The summed E-state index contributed by atoms with van der Waals surface area (Å²) in [5.41, 5.74) is 1.08. The number of para-hydroxylation sites is 2. The summed E-state index contributed by atoms with van der Waals surface area (Å²) in [6, 6.07) is 8.49. The number of aliphatic hydroxyl groups is 1. The minimum absolute atomic E-state index is 0.0876. The summed E-state index contributed by atoms with van der Waals surface area (Å²) in [6.45, 7) is 4.40. The van der Waals surface area contributed by atoms with Crippen LogP contribution in [0.15, 0.2) is 24.3 Å². The summed E-state index contributed by atoms with van der Waals surface area (Å²) in [5.74, 6) is 0.274. The number of aliphatic hydroxyl groups excluding tert-OH is 1. The first kappa shape index (κ1) is 22.0. The number of likely N-dealkylation sites (tertiary alicyclic amines) is 1. The Hall–Kier alpha value is -2.16. The van der Waals surface area contributed by atoms with E-state index < -0.39 is 6.10 Å². The molecule has 1 aromatic carbocycles. The highest BCUT2D eigenvalue weighted by molar-refractivity contribution is 6.03. The van der Waals surface area contributed by atoms with Gasteiger partial charge in [-0.25, -0.2) is 0 Å². The molecule has 2 aliphatic heterocycles. The first-order valence-electron chi connectivity index (χ1n) is 11.4. The van der Waals surface area contributed by atoms with Crippen LogP contribution in [0.25, 0.3) is 0 Å². The predicted octanol–water partition coefficient (Wildman–Crippen LogP) is 0.695. The molecule has 8 heteroatoms. The lowest BCUT2D eigenvalue weighted by Gasteiger charge is -2.37. The van der Waals surface area contributed by atoms with Crippen molar-refractivity contribution < 1.29 is 19.4 Å². The number of carbonyl (C=O) groups is 2. The van der Waals surface area contributed by atoms with Crippen LogP contribution in [0, 0.1) is 5.92 Å². The normalized spacial score (nSPS) is 23.9. The molecule has 4 rings (SSSR count). The summed E-state index contributed by atoms with van der Waals surface area (Å²) in [4.78, 5) is 30.7. The molecule has 170 valence electrons. The molecule has 2 unspecified atom stereocenters. The van der Waals surface area contributed by atoms with Gasteiger partial charge in [0, 0.05) is 51.7 Å². The van der Waals surface area contributed by atoms with E-state index in [1.165, 1.54) is 11.3 Å². The molecule has 2 N–H and O–H groups in total. The zero-order valence-corrected chi connectivity index (χ0v) is 18.3. The van der Waals surface area contributed by atoms with Crippen LogP contribution in [-0.2, 0) is 9.59 Å². The van der Waals surface area contributed by atoms with Crippen molar-refractivity contribution in [3.05, 3.63) is 24.3 Å². The topological polar surface area (TPSA) is 85.3 Å². The van der Waals surface area contributed by atoms with E-state index >= 15 is 0 Å². The summed E-state index contributed by atoms with van der Waals surface area (Å²) >= 11 is 0. The van der Waals surface area contributed by atoms with E-state index in [0.717, 1.165) is 50.5 Å². The molecule has 2 heterocycles. The van der Waals surface area contributed by atoms with Gasteiger partial charge in [-0.05, 0) is 25.0 Å². The number of rotatable bonds is 9. The second-order valence-corrected chi connectivity index (χ2v) is 8.89. The van der Waals surface area contributed by atoms with Crippen molar-refractivity contribution in [3.63, 3.8) is 0 Å². The van der Waals surface area contributed by atoms with Gasteiger partial charge in [0.2, 0.25) is 11.8 Å². The first-order chi connectivity index (χ1) is 15.0. The van der Waals surface area contributed by atoms with Crippen molar-refractivity contribution in [1.29, 1.82) is 0 Å². The molecule has 0 aromatic heterocycles. The molecule has 1 aliphatic carbocycles. The smallest absolute Gasteiger partial charge is 0.234 e. The molecule has 0 radical (unpaired) electrons. The van der Waals surface area contributed by atoms with E-state index in [9.17, 15) is 14.7 Å². The van der Waals surface area contributed by atoms with E-state index in [1.807, 2.05) is 18.2 Å². The van der Waals surface area contributed by atoms with Crippen molar-refractivity contribution in [2.24, 2.45) is 5.92 Å². The van der Waals surface area contributed by atoms with Crippen LogP contribution < -0.4 is 15.0 Å². The molecular formula is C23H34N4O4. The maximum atomic E-state index is 12.6. The molecule has 3 fully saturated rings. The van der Waals surface area contributed by atoms with Crippen LogP contribution in [0.1, 0.15) is 25.7 Å². The largest absolute Gasteiger partial charge is 0.495 e. The number of nitrogens with one attached hydrogen (secondary N) is 1. The Morgan fingerprint density at radius 2 is 1.87 bits per heavy atom. The number of anilines is 1. The number of imide groups is 1. The molecule has 2 amide bonds. The third-order valence-corrected chi connectivity index (χ3v) is 6.76. The highest BCUT2D eigenvalue weighted by Gasteiger charge is 2.39. The summed E-state index contributed by atoms with van der Waals surface area (Å²) in [5, 5.41) is 14.0. The zero-order chi connectivity index (χ0) is 21.8. The number of nitrogens with zero attached hydrogens (tertiary/aromatic N) is 3. The molecule has 8 nitrogen and oxygen atoms in total. The Morgan fingerprint density at radius 1 is 1.13 bits per heavy atom. The molecule has 2 atom stereocenters. The second-order valence-electron chi connectivity index (χ2n) is 8.89. The number of piperazine rings is 1. The maximum Gasteiger partial charge on any atom is 0.234 e. The van der Waals surface area contributed by atoms with E-state index in [4.69, 9.17) is 4.74 Å². The van der Waals surface area contributed by atoms with Crippen LogP contribution in [0.3, 0.4) is 0 Å². The van der Waals surface area contributed by atoms with Gasteiger partial charge in [-0.15, -0.1) is 0 Å². The lowest BCUT2D eigenvalue weighted by molar-refractivity contribution is -0.141. The van der Waals surface area contributed by atoms with Crippen molar-refractivity contribution in [2.45, 2.75) is 37.8 Å². The lowest BCUT2D eigenvalue weighted by atomic mass is 9.92. The third kappa shape index (κ3) is 5.19. The van der Waals surface area contributed by atoms with Gasteiger partial charge in [0.25, 0.3) is 0 Å². The van der Waals surface area contributed by atoms with Gasteiger partial charge in [0.15, 0.2) is 0 Å². The Morgan fingerprint density at radius 3 is 2.55 bits per heavy atom. The fourth-order valence-electron chi connectivity index (χ4n) is 4.65. The minimum atomic E-state index is -0.732. The standard InChI is InChI=1S/C23H34N4O4/c1-31-21-8-3-2-7-20(21)26-11-9-25(10-12-26)15-19(28)16-27-22(29)13-17(23(27)30)14-24-18-5-4-6-18/h2-3,7-8,17-19,24,28H,4-6,9-16H2,1H3. The van der Waals surface area contributed by atoms with Gasteiger partial charge in [0.1, 0.15) is 5.75 Å². The van der Waals surface area contributed by atoms with E-state index in [1.54, 1.807) is 7.11 Å². The quantitative estimate of drug-likeness (QED) is 0.558. The number of β-amino-alcohol motifs (C(OH)–C–C–N with tert-alkyl or cyclic N) is 1.